The summed E-state index contributed by atoms with van der Waals surface area (Å²) in [5, 5.41) is 0. The lowest BCUT2D eigenvalue weighted by Crippen LogP contribution is -2.07. The van der Waals surface area contributed by atoms with Crippen LogP contribution in [0.3, 0.4) is 0 Å². The molecular weight excluding hydrogens is 266 g/mol. The van der Waals surface area contributed by atoms with Gasteiger partial charge in [-0.1, -0.05) is 0 Å². The van der Waals surface area contributed by atoms with Gasteiger partial charge in [0.25, 0.3) is 15.5 Å². The van der Waals surface area contributed by atoms with Crippen molar-refractivity contribution < 1.29 is 21.9 Å². The van der Waals surface area contributed by atoms with Crippen LogP contribution >= 0.6 is 10.7 Å². The number of ether oxygens (including phenoxy) is 1. The predicted octanol–water partition coefficient (Wildman–Crippen LogP) is 1.54. The zero-order valence-electron chi connectivity index (χ0n) is 7.95. The van der Waals surface area contributed by atoms with Crippen molar-refractivity contribution in [3.8, 4) is 5.75 Å². The van der Waals surface area contributed by atoms with Crippen molar-refractivity contribution in [1.29, 1.82) is 0 Å². The van der Waals surface area contributed by atoms with Crippen molar-refractivity contribution in [3.05, 3.63) is 11.8 Å². The smallest absolute Gasteiger partial charge is 0.266 e. The minimum absolute atomic E-state index is 0.328. The Kier molecular flexibility index (Phi) is 3.54. The SMILES string of the molecule is COc1c(N)ncc(C(F)F)c1S(=O)(=O)Cl. The van der Waals surface area contributed by atoms with Gasteiger partial charge in [0.15, 0.2) is 11.6 Å². The van der Waals surface area contributed by atoms with Gasteiger partial charge in [-0.2, -0.15) is 0 Å². The molecule has 9 heteroatoms. The first-order valence-corrected chi connectivity index (χ1v) is 6.15. The van der Waals surface area contributed by atoms with Crippen LogP contribution in [0.2, 0.25) is 0 Å². The first-order chi connectivity index (χ1) is 7.29. The van der Waals surface area contributed by atoms with Crippen molar-refractivity contribution in [2.45, 2.75) is 11.3 Å². The second-order valence-corrected chi connectivity index (χ2v) is 5.20. The zero-order chi connectivity index (χ0) is 12.5. The van der Waals surface area contributed by atoms with Crippen LogP contribution in [-0.2, 0) is 9.05 Å². The van der Waals surface area contributed by atoms with Crippen molar-refractivity contribution in [2.75, 3.05) is 12.8 Å². The Morgan fingerprint density at radius 1 is 1.56 bits per heavy atom. The molecule has 0 saturated heterocycles. The van der Waals surface area contributed by atoms with Crippen molar-refractivity contribution in [1.82, 2.24) is 4.98 Å². The number of pyridine rings is 1. The molecule has 1 rings (SSSR count). The second kappa shape index (κ2) is 4.38. The van der Waals surface area contributed by atoms with Crippen LogP contribution in [0.25, 0.3) is 0 Å². The van der Waals surface area contributed by atoms with E-state index >= 15 is 0 Å². The maximum absolute atomic E-state index is 12.5. The Labute approximate surface area is 94.6 Å². The Hall–Kier alpha value is -1.15. The molecule has 0 saturated carbocycles. The molecule has 1 aromatic heterocycles. The summed E-state index contributed by atoms with van der Waals surface area (Å²) in [7, 11) is 1.72. The van der Waals surface area contributed by atoms with Crippen LogP contribution in [0.1, 0.15) is 12.0 Å². The molecule has 0 bridgehead atoms. The highest BCUT2D eigenvalue weighted by Crippen LogP contribution is 2.37. The van der Waals surface area contributed by atoms with E-state index in [0.717, 1.165) is 7.11 Å². The highest BCUT2D eigenvalue weighted by Gasteiger charge is 2.28. The maximum atomic E-state index is 12.5. The van der Waals surface area contributed by atoms with Crippen LogP contribution in [0.15, 0.2) is 11.1 Å². The van der Waals surface area contributed by atoms with Gasteiger partial charge in [-0.3, -0.25) is 0 Å². The molecule has 0 spiro atoms. The third kappa shape index (κ3) is 2.33. The number of alkyl halides is 2. The number of nitrogen functional groups attached to an aromatic ring is 1. The van der Waals surface area contributed by atoms with E-state index in [1.165, 1.54) is 0 Å². The fraction of sp³-hybridized carbons (Fsp3) is 0.286. The van der Waals surface area contributed by atoms with Gasteiger partial charge in [-0.25, -0.2) is 22.2 Å². The minimum atomic E-state index is -4.40. The van der Waals surface area contributed by atoms with Gasteiger partial charge in [0.2, 0.25) is 0 Å². The summed E-state index contributed by atoms with van der Waals surface area (Å²) in [5.41, 5.74) is 4.45. The number of halogens is 3. The molecule has 0 aliphatic rings. The molecule has 5 nitrogen and oxygen atoms in total. The second-order valence-electron chi connectivity index (χ2n) is 2.70. The molecule has 1 heterocycles. The minimum Gasteiger partial charge on any atom is -0.492 e. The van der Waals surface area contributed by atoms with Gasteiger partial charge in [-0.15, -0.1) is 0 Å². The van der Waals surface area contributed by atoms with Gasteiger partial charge in [0.05, 0.1) is 12.7 Å². The van der Waals surface area contributed by atoms with Crippen LogP contribution in [0.4, 0.5) is 14.6 Å². The summed E-state index contributed by atoms with van der Waals surface area (Å²) in [4.78, 5) is 2.55. The quantitative estimate of drug-likeness (QED) is 0.844. The van der Waals surface area contributed by atoms with Gasteiger partial charge in [-0.05, 0) is 0 Å². The third-order valence-corrected chi connectivity index (χ3v) is 3.10. The van der Waals surface area contributed by atoms with Crippen LogP contribution in [0.5, 0.6) is 5.75 Å². The Bertz CT molecular complexity index is 507. The van der Waals surface area contributed by atoms with E-state index < -0.39 is 31.7 Å². The number of hydrogen-bond acceptors (Lipinski definition) is 5. The van der Waals surface area contributed by atoms with Crippen LogP contribution < -0.4 is 10.5 Å². The van der Waals surface area contributed by atoms with Crippen molar-refractivity contribution in [3.63, 3.8) is 0 Å². The monoisotopic (exact) mass is 272 g/mol. The highest BCUT2D eigenvalue weighted by molar-refractivity contribution is 8.13. The molecule has 0 atom stereocenters. The van der Waals surface area contributed by atoms with E-state index in [0.29, 0.717) is 6.20 Å². The highest BCUT2D eigenvalue weighted by atomic mass is 35.7. The Morgan fingerprint density at radius 2 is 2.12 bits per heavy atom. The standard InChI is InChI=1S/C7H7ClF2N2O3S/c1-15-4-5(16(8,13)14)3(6(9)10)2-12-7(4)11/h2,6H,1H3,(H2,11,12). The van der Waals surface area contributed by atoms with E-state index in [1.807, 2.05) is 0 Å². The molecule has 0 aromatic carbocycles. The van der Waals surface area contributed by atoms with Gasteiger partial charge >= 0.3 is 0 Å². The summed E-state index contributed by atoms with van der Waals surface area (Å²) in [5.74, 6) is -0.807. The lowest BCUT2D eigenvalue weighted by Gasteiger charge is -2.11. The molecule has 1 aromatic rings. The third-order valence-electron chi connectivity index (χ3n) is 1.73. The zero-order valence-corrected chi connectivity index (χ0v) is 9.52. The Morgan fingerprint density at radius 3 is 2.50 bits per heavy atom. The van der Waals surface area contributed by atoms with Crippen LogP contribution in [-0.4, -0.2) is 20.5 Å². The lowest BCUT2D eigenvalue weighted by atomic mass is 10.2. The topological polar surface area (TPSA) is 82.3 Å². The molecule has 0 amide bonds. The number of nitrogens with zero attached hydrogens (tertiary/aromatic N) is 1. The summed E-state index contributed by atoms with van der Waals surface area (Å²) in [6.07, 6.45) is -2.40. The maximum Gasteiger partial charge on any atom is 0.266 e. The Balaban J connectivity index is 3.68. The number of hydrogen-bond donors (Lipinski definition) is 1. The average molecular weight is 273 g/mol. The number of methoxy groups -OCH3 is 1. The molecule has 0 aliphatic heterocycles. The molecule has 0 aliphatic carbocycles. The first-order valence-electron chi connectivity index (χ1n) is 3.84. The van der Waals surface area contributed by atoms with E-state index in [1.54, 1.807) is 0 Å². The number of aromatic nitrogens is 1. The normalized spacial score (nSPS) is 11.8. The molecule has 0 fully saturated rings. The lowest BCUT2D eigenvalue weighted by molar-refractivity contribution is 0.146. The summed E-state index contributed by atoms with van der Waals surface area (Å²) < 4.78 is 52.0. The number of rotatable bonds is 3. The number of anilines is 1. The summed E-state index contributed by atoms with van der Waals surface area (Å²) in [6, 6.07) is 0. The predicted molar refractivity (Wildman–Crippen MR) is 53.2 cm³/mol. The van der Waals surface area contributed by atoms with Crippen LogP contribution in [0, 0.1) is 0 Å². The fourth-order valence-corrected chi connectivity index (χ4v) is 2.42. The van der Waals surface area contributed by atoms with Crippen molar-refractivity contribution >= 4 is 25.6 Å². The van der Waals surface area contributed by atoms with Crippen molar-refractivity contribution in [2.24, 2.45) is 0 Å². The molecule has 0 radical (unpaired) electrons. The molecule has 90 valence electrons. The number of nitrogens with two attached hydrogens (primary N) is 1. The van der Waals surface area contributed by atoms with Gasteiger partial charge in [0, 0.05) is 16.9 Å². The summed E-state index contributed by atoms with van der Waals surface area (Å²) >= 11 is 0. The van der Waals surface area contributed by atoms with E-state index in [2.05, 4.69) is 9.72 Å². The molecule has 16 heavy (non-hydrogen) atoms. The average Bonchev–Trinajstić information content (AvgIpc) is 2.15. The summed E-state index contributed by atoms with van der Waals surface area (Å²) in [6.45, 7) is 0. The largest absolute Gasteiger partial charge is 0.492 e. The van der Waals surface area contributed by atoms with E-state index in [9.17, 15) is 17.2 Å². The fourth-order valence-electron chi connectivity index (χ4n) is 1.11. The first kappa shape index (κ1) is 12.9. The molecular formula is C7H7ClF2N2O3S. The van der Waals surface area contributed by atoms with Gasteiger partial charge < -0.3 is 10.5 Å². The molecule has 0 unspecified atom stereocenters. The van der Waals surface area contributed by atoms with E-state index in [-0.39, 0.29) is 5.82 Å². The van der Waals surface area contributed by atoms with E-state index in [4.69, 9.17) is 16.4 Å². The van der Waals surface area contributed by atoms with Gasteiger partial charge in [0.1, 0.15) is 4.90 Å². The molecule has 2 N–H and O–H groups in total.